The van der Waals surface area contributed by atoms with Crippen LogP contribution in [-0.4, -0.2) is 18.1 Å². The van der Waals surface area contributed by atoms with Crippen molar-refractivity contribution in [3.63, 3.8) is 0 Å². The van der Waals surface area contributed by atoms with Crippen molar-refractivity contribution >= 4 is 6.01 Å². The molecule has 0 atom stereocenters. The molecule has 0 unspecified atom stereocenters. The normalized spacial score (nSPS) is 18.7. The first-order chi connectivity index (χ1) is 5.47. The first-order valence-electron chi connectivity index (χ1n) is 4.11. The van der Waals surface area contributed by atoms with Crippen LogP contribution in [0.1, 0.15) is 19.3 Å². The summed E-state index contributed by atoms with van der Waals surface area (Å²) in [5, 5.41) is 0. The third-order valence-corrected chi connectivity index (χ3v) is 2.05. The maximum atomic E-state index is 5.19. The van der Waals surface area contributed by atoms with Crippen LogP contribution in [0.5, 0.6) is 0 Å². The molecule has 0 amide bonds. The summed E-state index contributed by atoms with van der Waals surface area (Å²) < 4.78 is 5.19. The Morgan fingerprint density at radius 2 is 2.09 bits per heavy atom. The first-order valence-corrected chi connectivity index (χ1v) is 4.11. The van der Waals surface area contributed by atoms with Gasteiger partial charge in [0.2, 0.25) is 0 Å². The molecular weight excluding hydrogens is 140 g/mol. The zero-order valence-corrected chi connectivity index (χ0v) is 6.49. The monoisotopic (exact) mass is 152 g/mol. The number of anilines is 1. The Hall–Kier alpha value is -0.990. The summed E-state index contributed by atoms with van der Waals surface area (Å²) in [5.41, 5.74) is 0. The van der Waals surface area contributed by atoms with Crippen molar-refractivity contribution in [1.29, 1.82) is 0 Å². The second-order valence-electron chi connectivity index (χ2n) is 2.86. The van der Waals surface area contributed by atoms with Crippen LogP contribution >= 0.6 is 0 Å². The fraction of sp³-hybridized carbons (Fsp3) is 0.625. The largest absolute Gasteiger partial charge is 0.432 e. The molecule has 3 nitrogen and oxygen atoms in total. The lowest BCUT2D eigenvalue weighted by Crippen LogP contribution is -2.29. The zero-order chi connectivity index (χ0) is 7.52. The van der Waals surface area contributed by atoms with Crippen LogP contribution in [-0.2, 0) is 0 Å². The molecule has 0 N–H and O–H groups in total. The number of rotatable bonds is 1. The van der Waals surface area contributed by atoms with E-state index < -0.39 is 0 Å². The van der Waals surface area contributed by atoms with Crippen LogP contribution in [0.25, 0.3) is 0 Å². The number of nitrogens with zero attached hydrogens (tertiary/aromatic N) is 2. The zero-order valence-electron chi connectivity index (χ0n) is 6.49. The minimum absolute atomic E-state index is 0.782. The number of hydrogen-bond acceptors (Lipinski definition) is 3. The lowest BCUT2D eigenvalue weighted by Gasteiger charge is -2.24. The lowest BCUT2D eigenvalue weighted by molar-refractivity contribution is 0.492. The molecule has 11 heavy (non-hydrogen) atoms. The van der Waals surface area contributed by atoms with Gasteiger partial charge >= 0.3 is 0 Å². The third kappa shape index (κ3) is 1.37. The van der Waals surface area contributed by atoms with E-state index in [9.17, 15) is 0 Å². The van der Waals surface area contributed by atoms with E-state index in [0.29, 0.717) is 0 Å². The average Bonchev–Trinajstić information content (AvgIpc) is 2.58. The molecule has 3 heteroatoms. The molecule has 1 aliphatic rings. The van der Waals surface area contributed by atoms with Gasteiger partial charge in [-0.1, -0.05) is 0 Å². The molecule has 0 spiro atoms. The first kappa shape index (κ1) is 6.70. The summed E-state index contributed by atoms with van der Waals surface area (Å²) in [7, 11) is 0. The molecule has 2 heterocycles. The molecule has 2 rings (SSSR count). The van der Waals surface area contributed by atoms with Crippen LogP contribution in [0.15, 0.2) is 16.9 Å². The second-order valence-corrected chi connectivity index (χ2v) is 2.86. The van der Waals surface area contributed by atoms with Crippen LogP contribution in [0.3, 0.4) is 0 Å². The number of oxazole rings is 1. The predicted octanol–water partition coefficient (Wildman–Crippen LogP) is 1.66. The average molecular weight is 152 g/mol. The van der Waals surface area contributed by atoms with Gasteiger partial charge in [0.15, 0.2) is 0 Å². The van der Waals surface area contributed by atoms with Crippen molar-refractivity contribution in [2.45, 2.75) is 19.3 Å². The Kier molecular flexibility index (Phi) is 1.79. The molecule has 60 valence electrons. The molecular formula is C8H12N2O. The smallest absolute Gasteiger partial charge is 0.297 e. The van der Waals surface area contributed by atoms with Crippen LogP contribution in [0.4, 0.5) is 6.01 Å². The maximum Gasteiger partial charge on any atom is 0.297 e. The van der Waals surface area contributed by atoms with Crippen molar-refractivity contribution < 1.29 is 4.42 Å². The van der Waals surface area contributed by atoms with Crippen LogP contribution < -0.4 is 4.90 Å². The van der Waals surface area contributed by atoms with Gasteiger partial charge in [-0.2, -0.15) is 0 Å². The van der Waals surface area contributed by atoms with Gasteiger partial charge in [-0.3, -0.25) is 0 Å². The second kappa shape index (κ2) is 2.95. The molecule has 0 radical (unpaired) electrons. The molecule has 0 aromatic carbocycles. The van der Waals surface area contributed by atoms with E-state index in [2.05, 4.69) is 9.88 Å². The Morgan fingerprint density at radius 1 is 1.27 bits per heavy atom. The van der Waals surface area contributed by atoms with E-state index in [1.54, 1.807) is 12.5 Å². The van der Waals surface area contributed by atoms with Gasteiger partial charge in [-0.05, 0) is 19.3 Å². The third-order valence-electron chi connectivity index (χ3n) is 2.05. The van der Waals surface area contributed by atoms with Gasteiger partial charge in [-0.25, -0.2) is 4.98 Å². The molecule has 0 aliphatic carbocycles. The SMILES string of the molecule is c1coc(N2CCCCC2)n1. The molecule has 1 aromatic rings. The van der Waals surface area contributed by atoms with Gasteiger partial charge in [0.1, 0.15) is 6.26 Å². The number of hydrogen-bond donors (Lipinski definition) is 0. The molecule has 0 bridgehead atoms. The highest BCUT2D eigenvalue weighted by atomic mass is 16.4. The van der Waals surface area contributed by atoms with Gasteiger partial charge < -0.3 is 9.32 Å². The summed E-state index contributed by atoms with van der Waals surface area (Å²) >= 11 is 0. The Bertz CT molecular complexity index is 202. The standard InChI is InChI=1S/C8H12N2O/c1-2-5-10(6-3-1)8-9-4-7-11-8/h4,7H,1-3,5-6H2. The van der Waals surface area contributed by atoms with E-state index in [0.717, 1.165) is 19.1 Å². The van der Waals surface area contributed by atoms with Crippen LogP contribution in [0, 0.1) is 0 Å². The minimum atomic E-state index is 0.782. The van der Waals surface area contributed by atoms with Gasteiger partial charge in [0.25, 0.3) is 6.01 Å². The van der Waals surface area contributed by atoms with E-state index in [1.165, 1.54) is 19.3 Å². The molecule has 1 aromatic heterocycles. The van der Waals surface area contributed by atoms with E-state index in [-0.39, 0.29) is 0 Å². The van der Waals surface area contributed by atoms with Crippen molar-refractivity contribution in [2.75, 3.05) is 18.0 Å². The summed E-state index contributed by atoms with van der Waals surface area (Å²) in [6, 6.07) is 0.782. The van der Waals surface area contributed by atoms with Crippen molar-refractivity contribution in [3.8, 4) is 0 Å². The van der Waals surface area contributed by atoms with E-state index in [4.69, 9.17) is 4.42 Å². The molecule has 0 saturated carbocycles. The van der Waals surface area contributed by atoms with E-state index in [1.807, 2.05) is 0 Å². The Morgan fingerprint density at radius 3 is 2.73 bits per heavy atom. The summed E-state index contributed by atoms with van der Waals surface area (Å²) in [6.45, 7) is 2.20. The predicted molar refractivity (Wildman–Crippen MR) is 42.6 cm³/mol. The van der Waals surface area contributed by atoms with Gasteiger partial charge in [0.05, 0.1) is 6.20 Å². The van der Waals surface area contributed by atoms with Gasteiger partial charge in [-0.15, -0.1) is 0 Å². The van der Waals surface area contributed by atoms with Crippen LogP contribution in [0.2, 0.25) is 0 Å². The van der Waals surface area contributed by atoms with Gasteiger partial charge in [0, 0.05) is 13.1 Å². The highest BCUT2D eigenvalue weighted by molar-refractivity contribution is 5.24. The maximum absolute atomic E-state index is 5.19. The quantitative estimate of drug-likeness (QED) is 0.613. The fourth-order valence-electron chi connectivity index (χ4n) is 1.46. The highest BCUT2D eigenvalue weighted by Crippen LogP contribution is 2.16. The fourth-order valence-corrected chi connectivity index (χ4v) is 1.46. The molecule has 1 fully saturated rings. The number of piperidine rings is 1. The Labute approximate surface area is 66.0 Å². The molecule has 1 aliphatic heterocycles. The summed E-state index contributed by atoms with van der Waals surface area (Å²) in [5.74, 6) is 0. The number of aromatic nitrogens is 1. The summed E-state index contributed by atoms with van der Waals surface area (Å²) in [4.78, 5) is 6.30. The van der Waals surface area contributed by atoms with Crippen molar-refractivity contribution in [2.24, 2.45) is 0 Å². The minimum Gasteiger partial charge on any atom is -0.432 e. The topological polar surface area (TPSA) is 29.3 Å². The van der Waals surface area contributed by atoms with E-state index >= 15 is 0 Å². The molecule has 1 saturated heterocycles. The van der Waals surface area contributed by atoms with Crippen molar-refractivity contribution in [1.82, 2.24) is 4.98 Å². The summed E-state index contributed by atoms with van der Waals surface area (Å²) in [6.07, 6.45) is 7.20. The Balaban J connectivity index is 2.04. The highest BCUT2D eigenvalue weighted by Gasteiger charge is 2.13. The van der Waals surface area contributed by atoms with Crippen molar-refractivity contribution in [3.05, 3.63) is 12.5 Å². The lowest BCUT2D eigenvalue weighted by atomic mass is 10.1.